The van der Waals surface area contributed by atoms with E-state index >= 15 is 0 Å². The normalized spacial score (nSPS) is 12.2. The van der Waals surface area contributed by atoms with E-state index in [0.717, 1.165) is 5.92 Å². The van der Waals surface area contributed by atoms with Gasteiger partial charge in [-0.1, -0.05) is 26.2 Å². The maximum Gasteiger partial charge on any atom is 1.00 e. The zero-order valence-electron chi connectivity index (χ0n) is 7.09. The Labute approximate surface area is 75.2 Å². The van der Waals surface area contributed by atoms with Crippen molar-refractivity contribution in [1.29, 1.82) is 0 Å². The summed E-state index contributed by atoms with van der Waals surface area (Å²) in [6, 6.07) is 8.57. The van der Waals surface area contributed by atoms with Gasteiger partial charge in [0.15, 0.2) is 0 Å². The predicted molar refractivity (Wildman–Crippen MR) is 40.7 cm³/mol. The molecule has 0 heterocycles. The van der Waals surface area contributed by atoms with Crippen molar-refractivity contribution in [1.82, 2.24) is 0 Å². The molecule has 0 radical (unpaired) electrons. The van der Waals surface area contributed by atoms with Crippen LogP contribution in [0.4, 0.5) is 0 Å². The third kappa shape index (κ3) is 2.29. The largest absolute Gasteiger partial charge is 1.00 e. The van der Waals surface area contributed by atoms with Gasteiger partial charge in [-0.25, -0.2) is 12.1 Å². The van der Waals surface area contributed by atoms with E-state index in [-0.39, 0.29) is 18.9 Å². The Kier molecular flexibility index (Phi) is 4.69. The second-order valence-corrected chi connectivity index (χ2v) is 2.53. The Morgan fingerprint density at radius 3 is 2.20 bits per heavy atom. The Hall–Kier alpha value is -0.0526. The van der Waals surface area contributed by atoms with Gasteiger partial charge in [0.1, 0.15) is 0 Å². The van der Waals surface area contributed by atoms with Gasteiger partial charge in [-0.15, -0.1) is 0 Å². The van der Waals surface area contributed by atoms with Crippen molar-refractivity contribution >= 4 is 0 Å². The summed E-state index contributed by atoms with van der Waals surface area (Å²) in [5.74, 6) is 0.736. The first-order valence-electron chi connectivity index (χ1n) is 3.56. The molecule has 1 rings (SSSR count). The van der Waals surface area contributed by atoms with Crippen LogP contribution in [0.25, 0.3) is 0 Å². The molecule has 0 aliphatic rings. The molecule has 10 heavy (non-hydrogen) atoms. The quantitative estimate of drug-likeness (QED) is 0.386. The van der Waals surface area contributed by atoms with Crippen LogP contribution in [0.15, 0.2) is 24.3 Å². The minimum atomic E-state index is 0. The Bertz CT molecular complexity index is 153. The molecule has 0 aromatic heterocycles. The summed E-state index contributed by atoms with van der Waals surface area (Å²) >= 11 is 0. The van der Waals surface area contributed by atoms with E-state index in [2.05, 4.69) is 38.1 Å². The van der Waals surface area contributed by atoms with E-state index in [4.69, 9.17) is 0 Å². The molecule has 0 saturated heterocycles. The minimum Gasteiger partial charge on any atom is -0.213 e. The predicted octanol–water partition coefficient (Wildman–Crippen LogP) is -0.0770. The summed E-state index contributed by atoms with van der Waals surface area (Å²) in [7, 11) is 0. The van der Waals surface area contributed by atoms with Gasteiger partial charge in [0.2, 0.25) is 0 Å². The first kappa shape index (κ1) is 9.95. The van der Waals surface area contributed by atoms with Crippen LogP contribution in [0.1, 0.15) is 31.7 Å². The molecule has 0 aliphatic heterocycles. The van der Waals surface area contributed by atoms with E-state index in [0.29, 0.717) is 0 Å². The van der Waals surface area contributed by atoms with Crippen molar-refractivity contribution in [3.8, 4) is 0 Å². The Morgan fingerprint density at radius 1 is 1.30 bits per heavy atom. The fraction of sp³-hybridized carbons (Fsp3) is 0.444. The molecule has 0 amide bonds. The molecule has 1 atom stereocenters. The van der Waals surface area contributed by atoms with E-state index in [1.807, 2.05) is 0 Å². The van der Waals surface area contributed by atoms with Crippen molar-refractivity contribution in [2.24, 2.45) is 0 Å². The van der Waals surface area contributed by atoms with E-state index in [9.17, 15) is 0 Å². The first-order valence-corrected chi connectivity index (χ1v) is 3.56. The van der Waals surface area contributed by atoms with Gasteiger partial charge in [-0.05, 0) is 0 Å². The second kappa shape index (κ2) is 4.72. The molecule has 0 saturated carbocycles. The van der Waals surface area contributed by atoms with E-state index < -0.39 is 0 Å². The van der Waals surface area contributed by atoms with Gasteiger partial charge < -0.3 is 0 Å². The van der Waals surface area contributed by atoms with E-state index in [1.165, 1.54) is 12.0 Å². The van der Waals surface area contributed by atoms with E-state index in [1.54, 1.807) is 0 Å². The van der Waals surface area contributed by atoms with Crippen LogP contribution in [-0.4, -0.2) is 0 Å². The molecule has 0 aliphatic carbocycles. The number of hydrogen-bond acceptors (Lipinski definition) is 0. The molecule has 1 unspecified atom stereocenters. The van der Waals surface area contributed by atoms with Gasteiger partial charge in [0.25, 0.3) is 0 Å². The Balaban J connectivity index is 0.000000810. The topological polar surface area (TPSA) is 0 Å². The summed E-state index contributed by atoms with van der Waals surface area (Å²) < 4.78 is 0. The van der Waals surface area contributed by atoms with Gasteiger partial charge in [-0.3, -0.25) is 0 Å². The number of hydrogen-bond donors (Lipinski definition) is 0. The van der Waals surface area contributed by atoms with Crippen LogP contribution in [-0.2, 0) is 0 Å². The molecule has 0 fully saturated rings. The van der Waals surface area contributed by atoms with Gasteiger partial charge >= 0.3 is 18.9 Å². The molecule has 0 N–H and O–H groups in total. The molecular weight excluding hydrogens is 115 g/mol. The van der Waals surface area contributed by atoms with Crippen molar-refractivity contribution in [2.45, 2.75) is 26.2 Å². The molecule has 1 aromatic rings. The molecule has 0 bridgehead atoms. The Morgan fingerprint density at radius 2 is 1.80 bits per heavy atom. The third-order valence-corrected chi connectivity index (χ3v) is 1.87. The zero-order chi connectivity index (χ0) is 6.69. The maximum atomic E-state index is 2.26. The smallest absolute Gasteiger partial charge is 0.213 e. The molecule has 1 aromatic carbocycles. The van der Waals surface area contributed by atoms with Crippen LogP contribution in [0.2, 0.25) is 0 Å². The monoisotopic (exact) mass is 128 g/mol. The van der Waals surface area contributed by atoms with Crippen LogP contribution in [0.5, 0.6) is 0 Å². The van der Waals surface area contributed by atoms with Crippen LogP contribution >= 0.6 is 0 Å². The van der Waals surface area contributed by atoms with Gasteiger partial charge in [0.05, 0.1) is 0 Å². The molecule has 1 heteroatoms. The maximum absolute atomic E-state index is 2.26. The van der Waals surface area contributed by atoms with Crippen molar-refractivity contribution in [3.63, 3.8) is 0 Å². The minimum absolute atomic E-state index is 0. The summed E-state index contributed by atoms with van der Waals surface area (Å²) in [5, 5.41) is 0. The molecule has 0 spiro atoms. The van der Waals surface area contributed by atoms with Crippen molar-refractivity contribution in [3.05, 3.63) is 29.8 Å². The average molecular weight is 128 g/mol. The van der Waals surface area contributed by atoms with Crippen LogP contribution in [0, 0.1) is 0 Å². The van der Waals surface area contributed by atoms with Crippen molar-refractivity contribution in [2.75, 3.05) is 0 Å². The second-order valence-electron chi connectivity index (χ2n) is 2.53. The fourth-order valence-corrected chi connectivity index (χ4v) is 0.953. The van der Waals surface area contributed by atoms with Gasteiger partial charge in [0, 0.05) is 0 Å². The average Bonchev–Trinajstić information content (AvgIpc) is 2.37. The zero-order valence-corrected chi connectivity index (χ0v) is 7.09. The summed E-state index contributed by atoms with van der Waals surface area (Å²) in [5.41, 5.74) is 1.47. The third-order valence-electron chi connectivity index (χ3n) is 1.87. The van der Waals surface area contributed by atoms with Crippen molar-refractivity contribution < 1.29 is 18.9 Å². The van der Waals surface area contributed by atoms with Crippen LogP contribution < -0.4 is 18.9 Å². The summed E-state index contributed by atoms with van der Waals surface area (Å²) in [4.78, 5) is 0. The standard InChI is InChI=1S/C9H13.Li/c1-3-8(2)9-6-4-5-7-9;/h4-8H,3H2,1-2H3;/q-1;+1. The van der Waals surface area contributed by atoms with Crippen LogP contribution in [0.3, 0.4) is 0 Å². The fourth-order valence-electron chi connectivity index (χ4n) is 0.953. The van der Waals surface area contributed by atoms with Gasteiger partial charge in [-0.2, -0.15) is 17.7 Å². The first-order chi connectivity index (χ1) is 4.34. The SMILES string of the molecule is CCC(C)[c-]1cccc1.[Li+]. The molecule has 50 valence electrons. The molecular formula is C9H13Li. The number of rotatable bonds is 2. The summed E-state index contributed by atoms with van der Waals surface area (Å²) in [6.45, 7) is 4.48. The summed E-state index contributed by atoms with van der Waals surface area (Å²) in [6.07, 6.45) is 1.24. The molecule has 0 nitrogen and oxygen atoms in total.